The standard InChI is InChI=1S/C11H20O/c1-10(8-9-12)11-6-4-2-3-5-7-11/h9-11H,2-8H2,1H3. The van der Waals surface area contributed by atoms with E-state index in [9.17, 15) is 4.79 Å². The molecule has 1 atom stereocenters. The summed E-state index contributed by atoms with van der Waals surface area (Å²) >= 11 is 0. The molecule has 1 saturated carbocycles. The Hall–Kier alpha value is -0.330. The van der Waals surface area contributed by atoms with Crippen molar-refractivity contribution in [3.8, 4) is 0 Å². The van der Waals surface area contributed by atoms with Crippen LogP contribution in [-0.4, -0.2) is 6.29 Å². The topological polar surface area (TPSA) is 17.1 Å². The van der Waals surface area contributed by atoms with E-state index in [1.165, 1.54) is 38.5 Å². The van der Waals surface area contributed by atoms with Gasteiger partial charge in [0.15, 0.2) is 0 Å². The van der Waals surface area contributed by atoms with Gasteiger partial charge in [0.1, 0.15) is 6.29 Å². The van der Waals surface area contributed by atoms with Gasteiger partial charge in [-0.1, -0.05) is 45.4 Å². The molecule has 1 aliphatic carbocycles. The fraction of sp³-hybridized carbons (Fsp3) is 0.909. The van der Waals surface area contributed by atoms with Crippen molar-refractivity contribution in [3.63, 3.8) is 0 Å². The molecule has 0 amide bonds. The number of carbonyl (C=O) groups excluding carboxylic acids is 1. The normalized spacial score (nSPS) is 23.1. The highest BCUT2D eigenvalue weighted by atomic mass is 16.1. The lowest BCUT2D eigenvalue weighted by molar-refractivity contribution is -0.108. The van der Waals surface area contributed by atoms with Crippen molar-refractivity contribution >= 4 is 6.29 Å². The summed E-state index contributed by atoms with van der Waals surface area (Å²) in [6.07, 6.45) is 10.1. The molecule has 0 N–H and O–H groups in total. The Morgan fingerprint density at radius 3 is 2.33 bits per heavy atom. The Balaban J connectivity index is 2.31. The summed E-state index contributed by atoms with van der Waals surface area (Å²) in [7, 11) is 0. The Morgan fingerprint density at radius 2 is 1.83 bits per heavy atom. The summed E-state index contributed by atoms with van der Waals surface area (Å²) in [4.78, 5) is 10.3. The third kappa shape index (κ3) is 2.96. The molecule has 0 spiro atoms. The third-order valence-corrected chi connectivity index (χ3v) is 3.17. The van der Waals surface area contributed by atoms with E-state index in [-0.39, 0.29) is 0 Å². The Labute approximate surface area is 75.5 Å². The number of aldehydes is 1. The molecule has 1 nitrogen and oxygen atoms in total. The maximum atomic E-state index is 10.3. The summed E-state index contributed by atoms with van der Waals surface area (Å²) in [5, 5.41) is 0. The molecular weight excluding hydrogens is 148 g/mol. The van der Waals surface area contributed by atoms with E-state index in [0.717, 1.165) is 18.6 Å². The van der Waals surface area contributed by atoms with Gasteiger partial charge in [-0.3, -0.25) is 0 Å². The summed E-state index contributed by atoms with van der Waals surface area (Å²) in [5.41, 5.74) is 0. The third-order valence-electron chi connectivity index (χ3n) is 3.17. The van der Waals surface area contributed by atoms with Gasteiger partial charge >= 0.3 is 0 Å². The molecule has 0 aromatic heterocycles. The highest BCUT2D eigenvalue weighted by Crippen LogP contribution is 2.29. The minimum atomic E-state index is 0.626. The lowest BCUT2D eigenvalue weighted by Gasteiger charge is -2.19. The lowest BCUT2D eigenvalue weighted by Crippen LogP contribution is -2.11. The van der Waals surface area contributed by atoms with Crippen molar-refractivity contribution in [2.75, 3.05) is 0 Å². The van der Waals surface area contributed by atoms with Gasteiger partial charge in [0.05, 0.1) is 0 Å². The second kappa shape index (κ2) is 5.34. The van der Waals surface area contributed by atoms with Crippen molar-refractivity contribution in [1.82, 2.24) is 0 Å². The zero-order valence-corrected chi connectivity index (χ0v) is 8.09. The molecule has 1 heteroatoms. The van der Waals surface area contributed by atoms with Crippen molar-refractivity contribution in [3.05, 3.63) is 0 Å². The number of rotatable bonds is 3. The summed E-state index contributed by atoms with van der Waals surface area (Å²) in [6, 6.07) is 0. The van der Waals surface area contributed by atoms with Crippen molar-refractivity contribution < 1.29 is 4.79 Å². The Morgan fingerprint density at radius 1 is 1.25 bits per heavy atom. The first-order chi connectivity index (χ1) is 5.84. The highest BCUT2D eigenvalue weighted by Gasteiger charge is 2.18. The molecule has 0 aromatic carbocycles. The van der Waals surface area contributed by atoms with Crippen molar-refractivity contribution in [1.29, 1.82) is 0 Å². The van der Waals surface area contributed by atoms with Crippen LogP contribution in [0, 0.1) is 11.8 Å². The van der Waals surface area contributed by atoms with E-state index in [0.29, 0.717) is 5.92 Å². The molecule has 1 fully saturated rings. The predicted octanol–water partition coefficient (Wildman–Crippen LogP) is 3.18. The first-order valence-corrected chi connectivity index (χ1v) is 5.28. The Bertz CT molecular complexity index is 123. The van der Waals surface area contributed by atoms with Gasteiger partial charge in [-0.2, -0.15) is 0 Å². The second-order valence-corrected chi connectivity index (χ2v) is 4.13. The van der Waals surface area contributed by atoms with Crippen LogP contribution < -0.4 is 0 Å². The lowest BCUT2D eigenvalue weighted by atomic mass is 9.86. The van der Waals surface area contributed by atoms with Crippen LogP contribution in [-0.2, 0) is 4.79 Å². The summed E-state index contributed by atoms with van der Waals surface area (Å²) in [6.45, 7) is 2.23. The van der Waals surface area contributed by atoms with Crippen LogP contribution in [0.5, 0.6) is 0 Å². The molecule has 70 valence electrons. The molecule has 1 aliphatic rings. The molecule has 1 rings (SSSR count). The Kier molecular flexibility index (Phi) is 4.34. The maximum absolute atomic E-state index is 10.3. The molecular formula is C11H20O. The molecule has 0 radical (unpaired) electrons. The fourth-order valence-corrected chi connectivity index (χ4v) is 2.22. The van der Waals surface area contributed by atoms with Crippen LogP contribution in [0.4, 0.5) is 0 Å². The zero-order valence-electron chi connectivity index (χ0n) is 8.09. The van der Waals surface area contributed by atoms with Gasteiger partial charge in [0.2, 0.25) is 0 Å². The highest BCUT2D eigenvalue weighted by molar-refractivity contribution is 5.49. The molecule has 12 heavy (non-hydrogen) atoms. The van der Waals surface area contributed by atoms with Gasteiger partial charge in [-0.05, 0) is 11.8 Å². The van der Waals surface area contributed by atoms with E-state index in [1.54, 1.807) is 0 Å². The first-order valence-electron chi connectivity index (χ1n) is 5.28. The maximum Gasteiger partial charge on any atom is 0.120 e. The fourth-order valence-electron chi connectivity index (χ4n) is 2.22. The van der Waals surface area contributed by atoms with Gasteiger partial charge in [-0.15, -0.1) is 0 Å². The quantitative estimate of drug-likeness (QED) is 0.467. The number of carbonyl (C=O) groups is 1. The van der Waals surface area contributed by atoms with Crippen LogP contribution in [0.15, 0.2) is 0 Å². The predicted molar refractivity (Wildman–Crippen MR) is 51.0 cm³/mol. The average Bonchev–Trinajstić information content (AvgIpc) is 2.32. The van der Waals surface area contributed by atoms with Crippen LogP contribution in [0.25, 0.3) is 0 Å². The summed E-state index contributed by atoms with van der Waals surface area (Å²) in [5.74, 6) is 1.46. The smallest absolute Gasteiger partial charge is 0.120 e. The van der Waals surface area contributed by atoms with E-state index in [2.05, 4.69) is 6.92 Å². The molecule has 0 aromatic rings. The van der Waals surface area contributed by atoms with Gasteiger partial charge in [-0.25, -0.2) is 0 Å². The monoisotopic (exact) mass is 168 g/mol. The molecule has 0 aliphatic heterocycles. The van der Waals surface area contributed by atoms with E-state index in [1.807, 2.05) is 0 Å². The molecule has 0 bridgehead atoms. The SMILES string of the molecule is CC(CC=O)C1CCCCCC1. The average molecular weight is 168 g/mol. The first kappa shape index (κ1) is 9.76. The van der Waals surface area contributed by atoms with E-state index < -0.39 is 0 Å². The van der Waals surface area contributed by atoms with Gasteiger partial charge in [0.25, 0.3) is 0 Å². The number of hydrogen-bond donors (Lipinski definition) is 0. The van der Waals surface area contributed by atoms with Crippen LogP contribution in [0.3, 0.4) is 0 Å². The summed E-state index contributed by atoms with van der Waals surface area (Å²) < 4.78 is 0. The number of hydrogen-bond acceptors (Lipinski definition) is 1. The minimum Gasteiger partial charge on any atom is -0.303 e. The largest absolute Gasteiger partial charge is 0.303 e. The zero-order chi connectivity index (χ0) is 8.81. The van der Waals surface area contributed by atoms with E-state index >= 15 is 0 Å². The van der Waals surface area contributed by atoms with Crippen LogP contribution >= 0.6 is 0 Å². The van der Waals surface area contributed by atoms with Crippen molar-refractivity contribution in [2.24, 2.45) is 11.8 Å². The van der Waals surface area contributed by atoms with Gasteiger partial charge in [0, 0.05) is 6.42 Å². The minimum absolute atomic E-state index is 0.626. The molecule has 1 unspecified atom stereocenters. The van der Waals surface area contributed by atoms with Crippen LogP contribution in [0.1, 0.15) is 51.9 Å². The van der Waals surface area contributed by atoms with E-state index in [4.69, 9.17) is 0 Å². The van der Waals surface area contributed by atoms with Crippen molar-refractivity contribution in [2.45, 2.75) is 51.9 Å². The van der Waals surface area contributed by atoms with Gasteiger partial charge < -0.3 is 4.79 Å². The van der Waals surface area contributed by atoms with Crippen LogP contribution in [0.2, 0.25) is 0 Å². The second-order valence-electron chi connectivity index (χ2n) is 4.13. The molecule has 0 heterocycles. The molecule has 0 saturated heterocycles.